The summed E-state index contributed by atoms with van der Waals surface area (Å²) in [5, 5.41) is 23.1. The van der Waals surface area contributed by atoms with E-state index in [1.807, 2.05) is 35.2 Å². The lowest BCUT2D eigenvalue weighted by atomic mass is 9.71. The Morgan fingerprint density at radius 1 is 1.26 bits per heavy atom. The maximum absolute atomic E-state index is 12.0. The van der Waals surface area contributed by atoms with Gasteiger partial charge in [0, 0.05) is 13.6 Å². The van der Waals surface area contributed by atoms with Crippen LogP contribution in [0, 0.1) is 5.41 Å². The third-order valence-corrected chi connectivity index (χ3v) is 5.22. The number of β-amino-alcohol motifs (C(OH)–C–C–N with tert-alkyl or cyclic N) is 1. The highest BCUT2D eigenvalue weighted by Crippen LogP contribution is 2.36. The van der Waals surface area contributed by atoms with Crippen LogP contribution in [0.2, 0.25) is 0 Å². The Morgan fingerprint density at radius 3 is 2.63 bits per heavy atom. The molecule has 1 aromatic carbocycles. The van der Waals surface area contributed by atoms with Gasteiger partial charge in [-0.05, 0) is 37.1 Å². The average molecular weight is 372 g/mol. The molecule has 2 heterocycles. The number of benzene rings is 1. The van der Waals surface area contributed by atoms with E-state index in [0.717, 1.165) is 5.56 Å². The van der Waals surface area contributed by atoms with Gasteiger partial charge in [0.1, 0.15) is 11.2 Å². The van der Waals surface area contributed by atoms with Gasteiger partial charge in [-0.3, -0.25) is 14.5 Å². The molecular formula is C20H24N2O5. The highest BCUT2D eigenvalue weighted by Gasteiger charge is 2.48. The van der Waals surface area contributed by atoms with Gasteiger partial charge in [0.2, 0.25) is 0 Å². The number of hydrogen-bond donors (Lipinski definition) is 3. The van der Waals surface area contributed by atoms with E-state index in [0.29, 0.717) is 31.7 Å². The number of nitrogens with one attached hydrogen (secondary N) is 1. The van der Waals surface area contributed by atoms with Gasteiger partial charge in [0.05, 0.1) is 12.6 Å². The molecule has 2 aromatic rings. The second kappa shape index (κ2) is 7.94. The van der Waals surface area contributed by atoms with Crippen LogP contribution in [0.25, 0.3) is 0 Å². The second-order valence-electron chi connectivity index (χ2n) is 6.97. The number of carboxylic acid groups (broad SMARTS) is 1. The fourth-order valence-corrected chi connectivity index (χ4v) is 3.60. The van der Waals surface area contributed by atoms with E-state index in [2.05, 4.69) is 5.32 Å². The van der Waals surface area contributed by atoms with Crippen molar-refractivity contribution in [1.82, 2.24) is 10.2 Å². The zero-order valence-electron chi connectivity index (χ0n) is 15.2. The number of likely N-dealkylation sites (tertiary alicyclic amines) is 1. The highest BCUT2D eigenvalue weighted by molar-refractivity contribution is 5.91. The van der Waals surface area contributed by atoms with Gasteiger partial charge >= 0.3 is 5.97 Å². The summed E-state index contributed by atoms with van der Waals surface area (Å²) in [5.41, 5.74) is -0.303. The molecule has 1 amide bonds. The van der Waals surface area contributed by atoms with Gasteiger partial charge in [-0.1, -0.05) is 30.3 Å². The van der Waals surface area contributed by atoms with Crippen molar-refractivity contribution in [2.24, 2.45) is 5.41 Å². The third kappa shape index (κ3) is 4.04. The SMILES string of the molecule is CNC(=O)c1ccc(CN2CC[C@](Cc3ccccc3)(C(=O)O)[C@@H](O)C2)o1. The van der Waals surface area contributed by atoms with E-state index in [-0.39, 0.29) is 18.2 Å². The first-order valence-corrected chi connectivity index (χ1v) is 8.93. The molecular weight excluding hydrogens is 348 g/mol. The predicted octanol–water partition coefficient (Wildman–Crippen LogP) is 1.52. The Kier molecular flexibility index (Phi) is 5.62. The van der Waals surface area contributed by atoms with Crippen LogP contribution in [0.3, 0.4) is 0 Å². The number of aliphatic hydroxyl groups is 1. The smallest absolute Gasteiger partial charge is 0.312 e. The van der Waals surface area contributed by atoms with Gasteiger partial charge in [-0.25, -0.2) is 0 Å². The van der Waals surface area contributed by atoms with E-state index in [9.17, 15) is 19.8 Å². The van der Waals surface area contributed by atoms with Crippen LogP contribution in [0.4, 0.5) is 0 Å². The van der Waals surface area contributed by atoms with Crippen LogP contribution < -0.4 is 5.32 Å². The number of aliphatic carboxylic acids is 1. The number of hydrogen-bond acceptors (Lipinski definition) is 5. The summed E-state index contributed by atoms with van der Waals surface area (Å²) in [5.74, 6) is -0.438. The number of aliphatic hydroxyl groups excluding tert-OH is 1. The second-order valence-corrected chi connectivity index (χ2v) is 6.97. The lowest BCUT2D eigenvalue weighted by molar-refractivity contribution is -0.163. The first kappa shape index (κ1) is 19.1. The van der Waals surface area contributed by atoms with Crippen LogP contribution >= 0.6 is 0 Å². The lowest BCUT2D eigenvalue weighted by Crippen LogP contribution is -2.55. The van der Waals surface area contributed by atoms with Gasteiger partial charge in [-0.2, -0.15) is 0 Å². The third-order valence-electron chi connectivity index (χ3n) is 5.22. The predicted molar refractivity (Wildman–Crippen MR) is 98.2 cm³/mol. The molecule has 0 saturated carbocycles. The number of furan rings is 1. The number of rotatable bonds is 6. The molecule has 0 aliphatic carbocycles. The van der Waals surface area contributed by atoms with Crippen molar-refractivity contribution in [1.29, 1.82) is 0 Å². The molecule has 0 radical (unpaired) electrons. The van der Waals surface area contributed by atoms with Crippen molar-refractivity contribution in [3.63, 3.8) is 0 Å². The van der Waals surface area contributed by atoms with Crippen LogP contribution in [0.1, 0.15) is 28.3 Å². The molecule has 27 heavy (non-hydrogen) atoms. The van der Waals surface area contributed by atoms with E-state index in [1.54, 1.807) is 12.1 Å². The van der Waals surface area contributed by atoms with Crippen molar-refractivity contribution < 1.29 is 24.2 Å². The Balaban J connectivity index is 1.69. The molecule has 0 bridgehead atoms. The zero-order valence-corrected chi connectivity index (χ0v) is 15.2. The molecule has 0 spiro atoms. The minimum Gasteiger partial charge on any atom is -0.481 e. The minimum absolute atomic E-state index is 0.231. The summed E-state index contributed by atoms with van der Waals surface area (Å²) in [7, 11) is 1.53. The van der Waals surface area contributed by atoms with E-state index >= 15 is 0 Å². The van der Waals surface area contributed by atoms with Gasteiger partial charge in [-0.15, -0.1) is 0 Å². The molecule has 0 unspecified atom stereocenters. The molecule has 7 heteroatoms. The summed E-state index contributed by atoms with van der Waals surface area (Å²) in [6.07, 6.45) is -0.376. The van der Waals surface area contributed by atoms with Crippen LogP contribution in [0.5, 0.6) is 0 Å². The Morgan fingerprint density at radius 2 is 2.00 bits per heavy atom. The van der Waals surface area contributed by atoms with Crippen molar-refractivity contribution in [3.8, 4) is 0 Å². The molecule has 3 N–H and O–H groups in total. The normalized spacial score (nSPS) is 23.1. The molecule has 1 saturated heterocycles. The molecule has 3 rings (SSSR count). The number of piperidine rings is 1. The van der Waals surface area contributed by atoms with Crippen molar-refractivity contribution >= 4 is 11.9 Å². The number of carbonyl (C=O) groups is 2. The zero-order chi connectivity index (χ0) is 19.4. The standard InChI is InChI=1S/C20H24N2O5/c1-21-18(24)16-8-7-15(27-16)12-22-10-9-20(19(25)26,17(23)13-22)11-14-5-3-2-4-6-14/h2-8,17,23H,9-13H2,1H3,(H,21,24)(H,25,26)/t17-,20+/m0/s1. The number of amides is 1. The summed E-state index contributed by atoms with van der Waals surface area (Å²) >= 11 is 0. The van der Waals surface area contributed by atoms with Gasteiger partial charge in [0.25, 0.3) is 5.91 Å². The quantitative estimate of drug-likeness (QED) is 0.710. The number of carboxylic acids is 1. The van der Waals surface area contributed by atoms with Gasteiger partial charge < -0.3 is 19.9 Å². The topological polar surface area (TPSA) is 103 Å². The molecule has 1 aromatic heterocycles. The van der Waals surface area contributed by atoms with Crippen LogP contribution in [-0.4, -0.2) is 53.2 Å². The van der Waals surface area contributed by atoms with Gasteiger partial charge in [0.15, 0.2) is 5.76 Å². The summed E-state index contributed by atoms with van der Waals surface area (Å²) in [6.45, 7) is 1.16. The van der Waals surface area contributed by atoms with Crippen molar-refractivity contribution in [2.75, 3.05) is 20.1 Å². The summed E-state index contributed by atoms with van der Waals surface area (Å²) in [6, 6.07) is 12.7. The first-order chi connectivity index (χ1) is 12.9. The molecule has 7 nitrogen and oxygen atoms in total. The summed E-state index contributed by atoms with van der Waals surface area (Å²) in [4.78, 5) is 25.6. The van der Waals surface area contributed by atoms with E-state index in [1.165, 1.54) is 7.05 Å². The van der Waals surface area contributed by atoms with E-state index < -0.39 is 17.5 Å². The maximum Gasteiger partial charge on any atom is 0.312 e. The number of nitrogens with zero attached hydrogens (tertiary/aromatic N) is 1. The Bertz CT molecular complexity index is 804. The maximum atomic E-state index is 12.0. The largest absolute Gasteiger partial charge is 0.481 e. The van der Waals surface area contributed by atoms with Crippen molar-refractivity contribution in [2.45, 2.75) is 25.5 Å². The molecule has 1 aliphatic rings. The average Bonchev–Trinajstić information content (AvgIpc) is 3.12. The number of carbonyl (C=O) groups excluding carboxylic acids is 1. The fraction of sp³-hybridized carbons (Fsp3) is 0.400. The monoisotopic (exact) mass is 372 g/mol. The van der Waals surface area contributed by atoms with E-state index in [4.69, 9.17) is 4.42 Å². The summed E-state index contributed by atoms with van der Waals surface area (Å²) < 4.78 is 5.52. The molecule has 2 atom stereocenters. The minimum atomic E-state index is -1.20. The lowest BCUT2D eigenvalue weighted by Gasteiger charge is -2.42. The Labute approximate surface area is 157 Å². The molecule has 1 aliphatic heterocycles. The fourth-order valence-electron chi connectivity index (χ4n) is 3.60. The molecule has 1 fully saturated rings. The Hall–Kier alpha value is -2.64. The van der Waals surface area contributed by atoms with Crippen LogP contribution in [-0.2, 0) is 17.8 Å². The molecule has 144 valence electrons. The highest BCUT2D eigenvalue weighted by atomic mass is 16.4. The first-order valence-electron chi connectivity index (χ1n) is 8.93. The van der Waals surface area contributed by atoms with Crippen LogP contribution in [0.15, 0.2) is 46.9 Å². The van der Waals surface area contributed by atoms with Crippen molar-refractivity contribution in [3.05, 3.63) is 59.5 Å².